The molecule has 0 bridgehead atoms. The first-order valence-electron chi connectivity index (χ1n) is 7.65. The van der Waals surface area contributed by atoms with Crippen molar-refractivity contribution in [1.82, 2.24) is 19.7 Å². The van der Waals surface area contributed by atoms with Crippen LogP contribution in [0.2, 0.25) is 0 Å². The van der Waals surface area contributed by atoms with Crippen LogP contribution in [0, 0.1) is 5.92 Å². The van der Waals surface area contributed by atoms with Crippen LogP contribution in [-0.2, 0) is 9.53 Å². The van der Waals surface area contributed by atoms with Crippen molar-refractivity contribution in [3.05, 3.63) is 42.9 Å². The number of ether oxygens (including phenoxy) is 1. The van der Waals surface area contributed by atoms with Crippen molar-refractivity contribution in [2.24, 2.45) is 5.92 Å². The zero-order valence-corrected chi connectivity index (χ0v) is 13.9. The van der Waals surface area contributed by atoms with Gasteiger partial charge in [-0.3, -0.25) is 4.79 Å². The molecule has 2 aromatic heterocycles. The smallest absolute Gasteiger partial charge is 0.310 e. The first-order chi connectivity index (χ1) is 11.6. The minimum absolute atomic E-state index is 0.243. The first-order valence-corrected chi connectivity index (χ1v) is 7.65. The Morgan fingerprint density at radius 3 is 2.75 bits per heavy atom. The van der Waals surface area contributed by atoms with Crippen LogP contribution in [0.3, 0.4) is 0 Å². The second-order valence-corrected chi connectivity index (χ2v) is 5.63. The van der Waals surface area contributed by atoms with Crippen LogP contribution in [0.1, 0.15) is 6.92 Å². The number of methoxy groups -OCH3 is 1. The van der Waals surface area contributed by atoms with E-state index in [2.05, 4.69) is 15.1 Å². The van der Waals surface area contributed by atoms with Gasteiger partial charge in [0.2, 0.25) is 0 Å². The maximum atomic E-state index is 11.6. The van der Waals surface area contributed by atoms with Crippen molar-refractivity contribution in [3.8, 4) is 5.69 Å². The third-order valence-electron chi connectivity index (χ3n) is 3.86. The van der Waals surface area contributed by atoms with Gasteiger partial charge in [-0.25, -0.2) is 14.6 Å². The Morgan fingerprint density at radius 1 is 1.29 bits per heavy atom. The minimum atomic E-state index is -0.255. The number of fused-ring (bicyclic) bond motifs is 1. The summed E-state index contributed by atoms with van der Waals surface area (Å²) in [7, 11) is 3.28. The Hall–Kier alpha value is -2.96. The Labute approximate surface area is 139 Å². The zero-order chi connectivity index (χ0) is 17.1. The number of rotatable bonds is 5. The predicted molar refractivity (Wildman–Crippen MR) is 91.1 cm³/mol. The van der Waals surface area contributed by atoms with E-state index >= 15 is 0 Å². The van der Waals surface area contributed by atoms with Crippen molar-refractivity contribution >= 4 is 22.8 Å². The molecule has 0 aliphatic rings. The summed E-state index contributed by atoms with van der Waals surface area (Å²) in [5, 5.41) is 5.27. The van der Waals surface area contributed by atoms with Gasteiger partial charge in [0.05, 0.1) is 30.3 Å². The van der Waals surface area contributed by atoms with E-state index in [9.17, 15) is 4.79 Å². The maximum Gasteiger partial charge on any atom is 0.310 e. The van der Waals surface area contributed by atoms with Gasteiger partial charge in [0, 0.05) is 13.6 Å². The van der Waals surface area contributed by atoms with Crippen LogP contribution >= 0.6 is 0 Å². The molecule has 0 radical (unpaired) electrons. The van der Waals surface area contributed by atoms with Crippen molar-refractivity contribution in [2.45, 2.75) is 6.92 Å². The molecule has 0 saturated carbocycles. The van der Waals surface area contributed by atoms with Crippen LogP contribution in [0.25, 0.3) is 16.7 Å². The molecule has 2 heterocycles. The first kappa shape index (κ1) is 15.9. The average molecular weight is 325 g/mol. The van der Waals surface area contributed by atoms with Gasteiger partial charge in [-0.2, -0.15) is 5.10 Å². The van der Waals surface area contributed by atoms with E-state index in [1.165, 1.54) is 13.4 Å². The summed E-state index contributed by atoms with van der Waals surface area (Å²) in [6, 6.07) is 9.80. The largest absolute Gasteiger partial charge is 0.469 e. The highest BCUT2D eigenvalue weighted by molar-refractivity contribution is 5.87. The lowest BCUT2D eigenvalue weighted by atomic mass is 10.1. The second kappa shape index (κ2) is 6.66. The molecular formula is C17H19N5O2. The number of anilines is 1. The topological polar surface area (TPSA) is 73.1 Å². The number of hydrogen-bond acceptors (Lipinski definition) is 6. The summed E-state index contributed by atoms with van der Waals surface area (Å²) >= 11 is 0. The van der Waals surface area contributed by atoms with Crippen molar-refractivity contribution in [3.63, 3.8) is 0 Å². The summed E-state index contributed by atoms with van der Waals surface area (Å²) < 4.78 is 6.56. The second-order valence-electron chi connectivity index (χ2n) is 5.63. The van der Waals surface area contributed by atoms with E-state index < -0.39 is 0 Å². The van der Waals surface area contributed by atoms with Gasteiger partial charge in [0.15, 0.2) is 5.65 Å². The van der Waals surface area contributed by atoms with E-state index in [0.717, 1.165) is 22.5 Å². The van der Waals surface area contributed by atoms with E-state index in [0.29, 0.717) is 6.54 Å². The molecule has 3 rings (SSSR count). The van der Waals surface area contributed by atoms with Gasteiger partial charge in [-0.05, 0) is 12.1 Å². The van der Waals surface area contributed by atoms with Gasteiger partial charge < -0.3 is 9.64 Å². The monoisotopic (exact) mass is 325 g/mol. The van der Waals surface area contributed by atoms with E-state index in [1.807, 2.05) is 49.2 Å². The lowest BCUT2D eigenvalue weighted by Gasteiger charge is -2.21. The number of carbonyl (C=O) groups is 1. The fourth-order valence-electron chi connectivity index (χ4n) is 2.67. The Bertz CT molecular complexity index is 847. The van der Waals surface area contributed by atoms with Gasteiger partial charge in [0.1, 0.15) is 12.1 Å². The molecule has 124 valence electrons. The fraction of sp³-hybridized carbons (Fsp3) is 0.294. The van der Waals surface area contributed by atoms with Gasteiger partial charge >= 0.3 is 5.97 Å². The van der Waals surface area contributed by atoms with Crippen LogP contribution < -0.4 is 4.90 Å². The summed E-state index contributed by atoms with van der Waals surface area (Å²) in [6.45, 7) is 2.32. The highest BCUT2D eigenvalue weighted by Crippen LogP contribution is 2.24. The lowest BCUT2D eigenvalue weighted by molar-refractivity contribution is -0.144. The molecular weight excluding hydrogens is 306 g/mol. The number of nitrogens with zero attached hydrogens (tertiary/aromatic N) is 5. The van der Waals surface area contributed by atoms with Crippen LogP contribution in [0.5, 0.6) is 0 Å². The number of aromatic nitrogens is 4. The summed E-state index contributed by atoms with van der Waals surface area (Å²) in [4.78, 5) is 22.3. The Morgan fingerprint density at radius 2 is 2.04 bits per heavy atom. The fourth-order valence-corrected chi connectivity index (χ4v) is 2.67. The van der Waals surface area contributed by atoms with Crippen molar-refractivity contribution in [2.75, 3.05) is 25.6 Å². The maximum absolute atomic E-state index is 11.6. The third kappa shape index (κ3) is 2.92. The number of para-hydroxylation sites is 1. The molecule has 0 fully saturated rings. The predicted octanol–water partition coefficient (Wildman–Crippen LogP) is 2.06. The van der Waals surface area contributed by atoms with Crippen molar-refractivity contribution < 1.29 is 9.53 Å². The molecule has 1 unspecified atom stereocenters. The van der Waals surface area contributed by atoms with Gasteiger partial charge in [-0.1, -0.05) is 25.1 Å². The van der Waals surface area contributed by atoms with Crippen LogP contribution in [-0.4, -0.2) is 46.4 Å². The van der Waals surface area contributed by atoms with E-state index in [4.69, 9.17) is 4.74 Å². The highest BCUT2D eigenvalue weighted by atomic mass is 16.5. The quantitative estimate of drug-likeness (QED) is 0.669. The standard InChI is InChI=1S/C17H19N5O2/c1-12(17(23)24-3)10-21(2)15-14-9-20-22(16(14)19-11-18-15)13-7-5-4-6-8-13/h4-9,11-12H,10H2,1-3H3. The number of benzene rings is 1. The molecule has 0 aliphatic carbocycles. The number of hydrogen-bond donors (Lipinski definition) is 0. The summed E-state index contributed by atoms with van der Waals surface area (Å²) in [6.07, 6.45) is 3.26. The molecule has 0 aliphatic heterocycles. The van der Waals surface area contributed by atoms with Crippen LogP contribution in [0.4, 0.5) is 5.82 Å². The average Bonchev–Trinajstić information content (AvgIpc) is 3.05. The molecule has 1 atom stereocenters. The van der Waals surface area contributed by atoms with E-state index in [1.54, 1.807) is 10.9 Å². The third-order valence-corrected chi connectivity index (χ3v) is 3.86. The van der Waals surface area contributed by atoms with Crippen molar-refractivity contribution in [1.29, 1.82) is 0 Å². The molecule has 0 N–H and O–H groups in total. The molecule has 0 spiro atoms. The normalized spacial score (nSPS) is 12.1. The van der Waals surface area contributed by atoms with E-state index in [-0.39, 0.29) is 11.9 Å². The Balaban J connectivity index is 1.96. The van der Waals surface area contributed by atoms with Gasteiger partial charge in [0.25, 0.3) is 0 Å². The Kier molecular flexibility index (Phi) is 4.41. The zero-order valence-electron chi connectivity index (χ0n) is 13.9. The molecule has 0 saturated heterocycles. The highest BCUT2D eigenvalue weighted by Gasteiger charge is 2.19. The number of carbonyl (C=O) groups excluding carboxylic acids is 1. The molecule has 1 aromatic carbocycles. The molecule has 24 heavy (non-hydrogen) atoms. The SMILES string of the molecule is COC(=O)C(C)CN(C)c1ncnc2c1cnn2-c1ccccc1. The molecule has 3 aromatic rings. The molecule has 7 heteroatoms. The lowest BCUT2D eigenvalue weighted by Crippen LogP contribution is -2.30. The number of esters is 1. The summed E-state index contributed by atoms with van der Waals surface area (Å²) in [5.41, 5.74) is 1.66. The molecule has 7 nitrogen and oxygen atoms in total. The minimum Gasteiger partial charge on any atom is -0.469 e. The molecule has 0 amide bonds. The van der Waals surface area contributed by atoms with Gasteiger partial charge in [-0.15, -0.1) is 0 Å². The summed E-state index contributed by atoms with van der Waals surface area (Å²) in [5.74, 6) is 0.235. The van der Waals surface area contributed by atoms with Crippen LogP contribution in [0.15, 0.2) is 42.9 Å².